The van der Waals surface area contributed by atoms with Gasteiger partial charge in [-0.1, -0.05) is 12.1 Å². The zero-order chi connectivity index (χ0) is 12.7. The Morgan fingerprint density at radius 1 is 1.41 bits per heavy atom. The van der Waals surface area contributed by atoms with Crippen molar-refractivity contribution in [1.29, 1.82) is 0 Å². The Balaban J connectivity index is 2.20. The van der Waals surface area contributed by atoms with E-state index in [0.29, 0.717) is 17.6 Å². The molecule has 17 heavy (non-hydrogen) atoms. The molecule has 96 valence electrons. The van der Waals surface area contributed by atoms with E-state index >= 15 is 0 Å². The van der Waals surface area contributed by atoms with Gasteiger partial charge in [0.05, 0.1) is 11.1 Å². The Labute approximate surface area is 107 Å². The van der Waals surface area contributed by atoms with E-state index in [9.17, 15) is 13.9 Å². The highest BCUT2D eigenvalue weighted by atomic mass is 79.9. The molecule has 1 aromatic rings. The minimum Gasteiger partial charge on any atom is -0.506 e. The predicted octanol–water partition coefficient (Wildman–Crippen LogP) is 2.53. The molecule has 0 aromatic heterocycles. The number of hydrogen-bond donors (Lipinski definition) is 2. The first kappa shape index (κ1) is 14.3. The number of rotatable bonds is 7. The summed E-state index contributed by atoms with van der Waals surface area (Å²) < 4.78 is 28.8. The van der Waals surface area contributed by atoms with Gasteiger partial charge in [-0.2, -0.15) is 0 Å². The maximum atomic E-state index is 11.7. The van der Waals surface area contributed by atoms with Crippen LogP contribution in [0.15, 0.2) is 22.7 Å². The molecular weight excluding hydrogens is 296 g/mol. The first-order valence-corrected chi connectivity index (χ1v) is 5.93. The molecule has 0 saturated carbocycles. The highest BCUT2D eigenvalue weighted by Crippen LogP contribution is 2.26. The lowest BCUT2D eigenvalue weighted by Gasteiger charge is -2.08. The zero-order valence-electron chi connectivity index (χ0n) is 9.13. The third kappa shape index (κ3) is 5.43. The van der Waals surface area contributed by atoms with Gasteiger partial charge in [-0.25, -0.2) is 8.78 Å². The smallest absolute Gasteiger partial charge is 0.261 e. The fraction of sp³-hybridized carbons (Fsp3) is 0.455. The first-order chi connectivity index (χ1) is 8.11. The first-order valence-electron chi connectivity index (χ1n) is 5.14. The van der Waals surface area contributed by atoms with Gasteiger partial charge in [0.2, 0.25) is 0 Å². The van der Waals surface area contributed by atoms with Crippen LogP contribution in [0.5, 0.6) is 5.75 Å². The number of benzene rings is 1. The minimum absolute atomic E-state index is 0.188. The molecule has 0 atom stereocenters. The van der Waals surface area contributed by atoms with Gasteiger partial charge in [-0.15, -0.1) is 0 Å². The van der Waals surface area contributed by atoms with Crippen molar-refractivity contribution in [2.75, 3.05) is 19.8 Å². The number of hydrogen-bond acceptors (Lipinski definition) is 3. The van der Waals surface area contributed by atoms with Crippen LogP contribution in [-0.4, -0.2) is 31.3 Å². The molecule has 0 bridgehead atoms. The van der Waals surface area contributed by atoms with Crippen molar-refractivity contribution in [3.05, 3.63) is 28.2 Å². The molecule has 3 nitrogen and oxygen atoms in total. The van der Waals surface area contributed by atoms with Crippen LogP contribution in [0.1, 0.15) is 5.56 Å². The molecule has 2 N–H and O–H groups in total. The van der Waals surface area contributed by atoms with Crippen molar-refractivity contribution in [3.8, 4) is 5.75 Å². The maximum absolute atomic E-state index is 11.7. The van der Waals surface area contributed by atoms with Gasteiger partial charge < -0.3 is 15.2 Å². The van der Waals surface area contributed by atoms with Crippen molar-refractivity contribution >= 4 is 15.9 Å². The third-order valence-electron chi connectivity index (χ3n) is 2.05. The van der Waals surface area contributed by atoms with Crippen molar-refractivity contribution in [3.63, 3.8) is 0 Å². The van der Waals surface area contributed by atoms with E-state index in [2.05, 4.69) is 21.2 Å². The fourth-order valence-corrected chi connectivity index (χ4v) is 1.65. The zero-order valence-corrected chi connectivity index (χ0v) is 10.7. The Kier molecular flexibility index (Phi) is 6.39. The number of para-hydroxylation sites is 1. The summed E-state index contributed by atoms with van der Waals surface area (Å²) in [6, 6.07) is 5.34. The normalized spacial score (nSPS) is 11.1. The van der Waals surface area contributed by atoms with Gasteiger partial charge in [0.25, 0.3) is 6.43 Å². The third-order valence-corrected chi connectivity index (χ3v) is 2.69. The lowest BCUT2D eigenvalue weighted by atomic mass is 10.2. The van der Waals surface area contributed by atoms with Crippen molar-refractivity contribution in [2.24, 2.45) is 0 Å². The summed E-state index contributed by atoms with van der Waals surface area (Å²) in [5, 5.41) is 12.6. The summed E-state index contributed by atoms with van der Waals surface area (Å²) >= 11 is 3.21. The summed E-state index contributed by atoms with van der Waals surface area (Å²) in [6.45, 7) is 0.602. The van der Waals surface area contributed by atoms with Crippen LogP contribution in [0.2, 0.25) is 0 Å². The van der Waals surface area contributed by atoms with Gasteiger partial charge in [-0.05, 0) is 22.0 Å². The van der Waals surface area contributed by atoms with Crippen molar-refractivity contribution in [2.45, 2.75) is 13.0 Å². The number of aromatic hydroxyl groups is 1. The number of phenolic OH excluding ortho intramolecular Hbond substituents is 1. The van der Waals surface area contributed by atoms with Crippen molar-refractivity contribution < 1.29 is 18.6 Å². The highest BCUT2D eigenvalue weighted by molar-refractivity contribution is 9.10. The summed E-state index contributed by atoms with van der Waals surface area (Å²) in [7, 11) is 0. The molecule has 0 amide bonds. The molecule has 0 aliphatic carbocycles. The molecule has 0 heterocycles. The standard InChI is InChI=1S/C11H14BrF2NO2/c12-9-3-1-2-8(11(9)16)6-15-4-5-17-7-10(13)14/h1-3,10,15-16H,4-7H2. The lowest BCUT2D eigenvalue weighted by molar-refractivity contribution is 0.0187. The molecule has 0 radical (unpaired) electrons. The van der Waals surface area contributed by atoms with E-state index in [4.69, 9.17) is 4.74 Å². The second kappa shape index (κ2) is 7.58. The topological polar surface area (TPSA) is 41.5 Å². The van der Waals surface area contributed by atoms with Crippen LogP contribution < -0.4 is 5.32 Å². The average molecular weight is 310 g/mol. The Bertz CT molecular complexity index is 350. The summed E-state index contributed by atoms with van der Waals surface area (Å²) in [5.74, 6) is 0.188. The molecule has 1 aromatic carbocycles. The lowest BCUT2D eigenvalue weighted by Crippen LogP contribution is -2.20. The van der Waals surface area contributed by atoms with Crippen LogP contribution in [-0.2, 0) is 11.3 Å². The van der Waals surface area contributed by atoms with Crippen LogP contribution >= 0.6 is 15.9 Å². The quantitative estimate of drug-likeness (QED) is 0.761. The van der Waals surface area contributed by atoms with Crippen LogP contribution in [0.25, 0.3) is 0 Å². The Morgan fingerprint density at radius 3 is 2.88 bits per heavy atom. The summed E-state index contributed by atoms with van der Waals surface area (Å²) in [6.07, 6.45) is -2.43. The van der Waals surface area contributed by atoms with E-state index < -0.39 is 13.0 Å². The molecule has 0 saturated heterocycles. The monoisotopic (exact) mass is 309 g/mol. The van der Waals surface area contributed by atoms with Crippen LogP contribution in [0.4, 0.5) is 8.78 Å². The van der Waals surface area contributed by atoms with E-state index in [0.717, 1.165) is 5.56 Å². The van der Waals surface area contributed by atoms with E-state index in [1.165, 1.54) is 0 Å². The van der Waals surface area contributed by atoms with E-state index in [1.54, 1.807) is 12.1 Å². The SMILES string of the molecule is Oc1c(Br)cccc1CNCCOCC(F)F. The summed E-state index contributed by atoms with van der Waals surface area (Å²) in [5.41, 5.74) is 0.744. The molecule has 0 fully saturated rings. The minimum atomic E-state index is -2.43. The molecule has 0 spiro atoms. The van der Waals surface area contributed by atoms with Gasteiger partial charge in [0.1, 0.15) is 12.4 Å². The Morgan fingerprint density at radius 2 is 2.18 bits per heavy atom. The molecule has 6 heteroatoms. The van der Waals surface area contributed by atoms with Crippen LogP contribution in [0.3, 0.4) is 0 Å². The largest absolute Gasteiger partial charge is 0.506 e. The number of phenols is 1. The van der Waals surface area contributed by atoms with E-state index in [1.807, 2.05) is 6.07 Å². The summed E-state index contributed by atoms with van der Waals surface area (Å²) in [4.78, 5) is 0. The highest BCUT2D eigenvalue weighted by Gasteiger charge is 2.04. The predicted molar refractivity (Wildman–Crippen MR) is 64.3 cm³/mol. The van der Waals surface area contributed by atoms with Gasteiger partial charge in [0.15, 0.2) is 0 Å². The number of nitrogens with one attached hydrogen (secondary N) is 1. The van der Waals surface area contributed by atoms with Gasteiger partial charge in [-0.3, -0.25) is 0 Å². The molecule has 0 aliphatic rings. The maximum Gasteiger partial charge on any atom is 0.261 e. The van der Waals surface area contributed by atoms with Gasteiger partial charge >= 0.3 is 0 Å². The van der Waals surface area contributed by atoms with Crippen molar-refractivity contribution in [1.82, 2.24) is 5.32 Å². The number of ether oxygens (including phenoxy) is 1. The molecule has 1 rings (SSSR count). The Hall–Kier alpha value is -0.720. The van der Waals surface area contributed by atoms with Crippen LogP contribution in [0, 0.1) is 0 Å². The second-order valence-electron chi connectivity index (χ2n) is 3.39. The number of halogens is 3. The molecule has 0 aliphatic heterocycles. The molecule has 0 unspecified atom stereocenters. The van der Waals surface area contributed by atoms with E-state index in [-0.39, 0.29) is 12.4 Å². The number of alkyl halides is 2. The second-order valence-corrected chi connectivity index (χ2v) is 4.24. The average Bonchev–Trinajstić information content (AvgIpc) is 2.28. The van der Waals surface area contributed by atoms with Gasteiger partial charge in [0, 0.05) is 18.7 Å². The molecular formula is C11H14BrF2NO2. The fourth-order valence-electron chi connectivity index (χ4n) is 1.24.